The second kappa shape index (κ2) is 70.4. The van der Waals surface area contributed by atoms with E-state index in [-0.39, 0.29) is 25.7 Å². The van der Waals surface area contributed by atoms with Gasteiger partial charge >= 0.3 is 39.5 Å². The highest BCUT2D eigenvalue weighted by Gasteiger charge is 2.30. The van der Waals surface area contributed by atoms with Gasteiger partial charge in [-0.2, -0.15) is 0 Å². The molecule has 0 rings (SSSR count). The molecular weight excluding hydrogens is 1290 g/mol. The first-order valence-electron chi connectivity index (χ1n) is 41.3. The third kappa shape index (κ3) is 74.1. The van der Waals surface area contributed by atoms with Crippen LogP contribution in [0.4, 0.5) is 0 Å². The summed E-state index contributed by atoms with van der Waals surface area (Å²) in [5, 5.41) is 10.6. The topological polar surface area (TPSA) is 237 Å². The number of phosphoric ester groups is 2. The van der Waals surface area contributed by atoms with Crippen molar-refractivity contribution in [3.8, 4) is 0 Å². The normalized spacial score (nSPS) is 14.0. The van der Waals surface area contributed by atoms with Crippen LogP contribution < -0.4 is 0 Å². The van der Waals surface area contributed by atoms with E-state index in [4.69, 9.17) is 37.0 Å². The number of esters is 4. The van der Waals surface area contributed by atoms with E-state index < -0.39 is 97.5 Å². The van der Waals surface area contributed by atoms with Crippen LogP contribution in [0.2, 0.25) is 0 Å². The van der Waals surface area contributed by atoms with Gasteiger partial charge in [-0.15, -0.1) is 0 Å². The molecule has 99 heavy (non-hydrogen) atoms. The summed E-state index contributed by atoms with van der Waals surface area (Å²) in [5.74, 6) is 0.143. The molecule has 17 nitrogen and oxygen atoms in total. The van der Waals surface area contributed by atoms with Crippen molar-refractivity contribution in [3.63, 3.8) is 0 Å². The number of aliphatic hydroxyl groups is 1. The number of carbonyl (C=O) groups excluding carboxylic acids is 4. The van der Waals surface area contributed by atoms with Crippen LogP contribution in [0.1, 0.15) is 414 Å². The molecule has 0 saturated heterocycles. The lowest BCUT2D eigenvalue weighted by Gasteiger charge is -2.21. The zero-order valence-corrected chi connectivity index (χ0v) is 66.8. The molecule has 5 atom stereocenters. The van der Waals surface area contributed by atoms with Gasteiger partial charge in [0.2, 0.25) is 0 Å². The first-order chi connectivity index (χ1) is 47.7. The minimum absolute atomic E-state index is 0.105. The predicted molar refractivity (Wildman–Crippen MR) is 405 cm³/mol. The second-order valence-corrected chi connectivity index (χ2v) is 33.1. The van der Waals surface area contributed by atoms with Crippen molar-refractivity contribution in [1.29, 1.82) is 0 Å². The highest BCUT2D eigenvalue weighted by Crippen LogP contribution is 2.45. The number of ether oxygens (including phenoxy) is 4. The molecule has 0 spiro atoms. The maximum Gasteiger partial charge on any atom is 0.472 e. The number of carbonyl (C=O) groups is 4. The van der Waals surface area contributed by atoms with Crippen LogP contribution >= 0.6 is 15.6 Å². The predicted octanol–water partition coefficient (Wildman–Crippen LogP) is 23.7. The van der Waals surface area contributed by atoms with E-state index in [0.717, 1.165) is 108 Å². The van der Waals surface area contributed by atoms with Gasteiger partial charge in [-0.05, 0) is 43.4 Å². The van der Waals surface area contributed by atoms with Crippen molar-refractivity contribution in [1.82, 2.24) is 0 Å². The van der Waals surface area contributed by atoms with Gasteiger partial charge < -0.3 is 33.8 Å². The Kier molecular flexibility index (Phi) is 69.0. The third-order valence-corrected chi connectivity index (χ3v) is 20.5. The SMILES string of the molecule is CCCCCCCCCCCCCCCCCCCCCC(=O)O[C@H](COC(=O)CCCCCCCCCCCCCCCCC(C)C)COP(=O)(O)OC[C@@H](O)COP(=O)(O)OC[C@@H](COC(=O)CCCCCCCCCC(C)C)OC(=O)CCCCCCCCCCCCC(C)C. The molecule has 0 fully saturated rings. The summed E-state index contributed by atoms with van der Waals surface area (Å²) in [4.78, 5) is 73.0. The lowest BCUT2D eigenvalue weighted by Crippen LogP contribution is -2.30. The number of hydrogen-bond acceptors (Lipinski definition) is 15. The number of hydrogen-bond donors (Lipinski definition) is 3. The lowest BCUT2D eigenvalue weighted by molar-refractivity contribution is -0.161. The van der Waals surface area contributed by atoms with E-state index >= 15 is 0 Å². The molecule has 588 valence electrons. The minimum Gasteiger partial charge on any atom is -0.462 e. The van der Waals surface area contributed by atoms with Crippen LogP contribution in [0.15, 0.2) is 0 Å². The summed E-state index contributed by atoms with van der Waals surface area (Å²) in [7, 11) is -9.92. The zero-order chi connectivity index (χ0) is 73.0. The summed E-state index contributed by atoms with van der Waals surface area (Å²) < 4.78 is 68.7. The van der Waals surface area contributed by atoms with Crippen molar-refractivity contribution < 1.29 is 80.2 Å². The average molecular weight is 1450 g/mol. The Hall–Kier alpha value is -1.94. The second-order valence-electron chi connectivity index (χ2n) is 30.2. The van der Waals surface area contributed by atoms with Gasteiger partial charge in [-0.1, -0.05) is 363 Å². The molecular formula is C80H156O17P2. The number of rotatable bonds is 78. The van der Waals surface area contributed by atoms with Gasteiger partial charge in [0.1, 0.15) is 19.3 Å². The van der Waals surface area contributed by atoms with Crippen molar-refractivity contribution in [2.45, 2.75) is 433 Å². The lowest BCUT2D eigenvalue weighted by atomic mass is 10.0. The average Bonchev–Trinajstić information content (AvgIpc) is 1.03. The molecule has 0 aliphatic carbocycles. The molecule has 0 bridgehead atoms. The molecule has 2 unspecified atom stereocenters. The smallest absolute Gasteiger partial charge is 0.462 e. The monoisotopic (exact) mass is 1450 g/mol. The Morgan fingerprint density at radius 3 is 0.687 bits per heavy atom. The van der Waals surface area contributed by atoms with Crippen LogP contribution in [-0.2, 0) is 65.4 Å². The van der Waals surface area contributed by atoms with Crippen molar-refractivity contribution in [3.05, 3.63) is 0 Å². The van der Waals surface area contributed by atoms with Gasteiger partial charge in [0.05, 0.1) is 26.4 Å². The van der Waals surface area contributed by atoms with Crippen molar-refractivity contribution in [2.24, 2.45) is 17.8 Å². The summed E-state index contributed by atoms with van der Waals surface area (Å²) in [5.41, 5.74) is 0. The summed E-state index contributed by atoms with van der Waals surface area (Å²) in [6.45, 7) is 11.9. The van der Waals surface area contributed by atoms with Gasteiger partial charge in [-0.3, -0.25) is 37.3 Å². The molecule has 0 amide bonds. The largest absolute Gasteiger partial charge is 0.472 e. The van der Waals surface area contributed by atoms with Crippen LogP contribution in [0.25, 0.3) is 0 Å². The fourth-order valence-electron chi connectivity index (χ4n) is 12.3. The molecule has 3 N–H and O–H groups in total. The number of unbranched alkanes of at least 4 members (excludes halogenated alkanes) is 46. The molecule has 0 saturated carbocycles. The van der Waals surface area contributed by atoms with Crippen LogP contribution in [0, 0.1) is 17.8 Å². The first kappa shape index (κ1) is 97.1. The molecule has 0 aromatic rings. The van der Waals surface area contributed by atoms with Gasteiger partial charge in [-0.25, -0.2) is 9.13 Å². The Balaban J connectivity index is 5.24. The Bertz CT molecular complexity index is 1920. The Morgan fingerprint density at radius 1 is 0.273 bits per heavy atom. The van der Waals surface area contributed by atoms with E-state index in [9.17, 15) is 43.2 Å². The van der Waals surface area contributed by atoms with Crippen LogP contribution in [0.5, 0.6) is 0 Å². The maximum atomic E-state index is 13.1. The van der Waals surface area contributed by atoms with E-state index in [1.165, 1.54) is 218 Å². The van der Waals surface area contributed by atoms with Crippen LogP contribution in [-0.4, -0.2) is 96.7 Å². The third-order valence-electron chi connectivity index (χ3n) is 18.6. The fourth-order valence-corrected chi connectivity index (χ4v) is 13.9. The minimum atomic E-state index is -4.96. The highest BCUT2D eigenvalue weighted by molar-refractivity contribution is 7.47. The van der Waals surface area contributed by atoms with E-state index in [0.29, 0.717) is 31.6 Å². The Morgan fingerprint density at radius 2 is 0.465 bits per heavy atom. The van der Waals surface area contributed by atoms with Crippen molar-refractivity contribution in [2.75, 3.05) is 39.6 Å². The quantitative estimate of drug-likeness (QED) is 0.0222. The number of phosphoric acid groups is 2. The molecule has 0 aliphatic heterocycles. The Labute approximate surface area is 607 Å². The highest BCUT2D eigenvalue weighted by atomic mass is 31.2. The van der Waals surface area contributed by atoms with E-state index in [1.807, 2.05) is 0 Å². The van der Waals surface area contributed by atoms with Crippen molar-refractivity contribution >= 4 is 39.5 Å². The van der Waals surface area contributed by atoms with E-state index in [1.54, 1.807) is 0 Å². The van der Waals surface area contributed by atoms with Gasteiger partial charge in [0.25, 0.3) is 0 Å². The summed E-state index contributed by atoms with van der Waals surface area (Å²) in [6.07, 6.45) is 58.4. The summed E-state index contributed by atoms with van der Waals surface area (Å²) >= 11 is 0. The fraction of sp³-hybridized carbons (Fsp3) is 0.950. The zero-order valence-electron chi connectivity index (χ0n) is 65.0. The molecule has 0 heterocycles. The molecule has 0 aromatic heterocycles. The standard InChI is InChI=1S/C80H156O17P2/c1-8-9-10-11-12-13-14-15-16-17-18-19-20-25-28-34-41-49-56-63-79(84)96-75(67-90-77(82)61-54-47-40-33-27-24-22-21-23-26-31-37-44-51-58-71(2)3)69-94-98(86,87)92-65-74(81)66-93-99(88,89)95-70-76(68-91-78(83)62-55-48-43-36-39-46-53-60-73(6)7)97-80(85)64-57-50-42-35-30-29-32-38-45-52-59-72(4)5/h71-76,81H,8-70H2,1-7H3,(H,86,87)(H,88,89)/t74-,75-,76-/m1/s1. The summed E-state index contributed by atoms with van der Waals surface area (Å²) in [6, 6.07) is 0. The maximum absolute atomic E-state index is 13.1. The molecule has 19 heteroatoms. The van der Waals surface area contributed by atoms with Crippen LogP contribution in [0.3, 0.4) is 0 Å². The molecule has 0 radical (unpaired) electrons. The first-order valence-corrected chi connectivity index (χ1v) is 44.3. The van der Waals surface area contributed by atoms with Gasteiger partial charge in [0.15, 0.2) is 12.2 Å². The number of aliphatic hydroxyl groups excluding tert-OH is 1. The van der Waals surface area contributed by atoms with E-state index in [2.05, 4.69) is 48.5 Å². The molecule has 0 aliphatic rings. The van der Waals surface area contributed by atoms with Gasteiger partial charge in [0, 0.05) is 25.7 Å². The molecule has 0 aromatic carbocycles.